The van der Waals surface area contributed by atoms with Gasteiger partial charge in [0.1, 0.15) is 0 Å². The minimum absolute atomic E-state index is 0.0438. The molecule has 1 fully saturated rings. The number of halogens is 3. The molecular formula is C13H17F3N2. The van der Waals surface area contributed by atoms with Crippen LogP contribution in [-0.4, -0.2) is 37.3 Å². The Morgan fingerprint density at radius 3 is 2.61 bits per heavy atom. The van der Waals surface area contributed by atoms with E-state index in [2.05, 4.69) is 5.32 Å². The van der Waals surface area contributed by atoms with Crippen molar-refractivity contribution in [2.75, 3.05) is 26.2 Å². The lowest BCUT2D eigenvalue weighted by molar-refractivity contribution is -0.139. The lowest BCUT2D eigenvalue weighted by Gasteiger charge is -2.36. The van der Waals surface area contributed by atoms with Crippen LogP contribution in [0.3, 0.4) is 0 Å². The first-order valence-electron chi connectivity index (χ1n) is 6.13. The van der Waals surface area contributed by atoms with Gasteiger partial charge in [-0.3, -0.25) is 4.90 Å². The quantitative estimate of drug-likeness (QED) is 0.896. The fourth-order valence-electron chi connectivity index (χ4n) is 2.29. The molecule has 1 aliphatic rings. The van der Waals surface area contributed by atoms with E-state index < -0.39 is 12.6 Å². The van der Waals surface area contributed by atoms with Crippen LogP contribution in [0, 0.1) is 0 Å². The van der Waals surface area contributed by atoms with Crippen molar-refractivity contribution in [2.24, 2.45) is 0 Å². The Morgan fingerprint density at radius 1 is 1.22 bits per heavy atom. The van der Waals surface area contributed by atoms with Gasteiger partial charge in [0.2, 0.25) is 0 Å². The highest BCUT2D eigenvalue weighted by atomic mass is 19.4. The first-order chi connectivity index (χ1) is 8.56. The average molecular weight is 258 g/mol. The molecule has 1 aromatic rings. The molecule has 0 saturated carbocycles. The molecule has 0 amide bonds. The van der Waals surface area contributed by atoms with E-state index >= 15 is 0 Å². The third kappa shape index (κ3) is 3.71. The summed E-state index contributed by atoms with van der Waals surface area (Å²) in [6.45, 7) is 2.20. The Morgan fingerprint density at radius 2 is 1.94 bits per heavy atom. The van der Waals surface area contributed by atoms with Crippen LogP contribution in [0.15, 0.2) is 30.3 Å². The van der Waals surface area contributed by atoms with Crippen LogP contribution in [0.25, 0.3) is 0 Å². The van der Waals surface area contributed by atoms with Crippen LogP contribution in [0.1, 0.15) is 18.0 Å². The summed E-state index contributed by atoms with van der Waals surface area (Å²) in [5, 5.41) is 3.24. The van der Waals surface area contributed by atoms with Gasteiger partial charge in [-0.25, -0.2) is 0 Å². The second-order valence-corrected chi connectivity index (χ2v) is 4.53. The Kier molecular flexibility index (Phi) is 4.24. The Balaban J connectivity index is 2.02. The van der Waals surface area contributed by atoms with Gasteiger partial charge >= 0.3 is 6.18 Å². The molecule has 0 spiro atoms. The number of nitrogens with zero attached hydrogens (tertiary/aromatic N) is 1. The average Bonchev–Trinajstić information content (AvgIpc) is 2.37. The molecule has 1 aromatic carbocycles. The molecule has 2 rings (SSSR count). The first kappa shape index (κ1) is 13.4. The molecule has 1 N–H and O–H groups in total. The second kappa shape index (κ2) is 5.71. The highest BCUT2D eigenvalue weighted by Gasteiger charge is 2.31. The molecule has 1 saturated heterocycles. The number of hydrogen-bond acceptors (Lipinski definition) is 2. The third-order valence-electron chi connectivity index (χ3n) is 3.22. The number of benzene rings is 1. The van der Waals surface area contributed by atoms with E-state index in [0.29, 0.717) is 13.1 Å². The zero-order chi connectivity index (χ0) is 13.0. The van der Waals surface area contributed by atoms with Crippen LogP contribution < -0.4 is 5.32 Å². The summed E-state index contributed by atoms with van der Waals surface area (Å²) in [5.41, 5.74) is 1.08. The van der Waals surface area contributed by atoms with Crippen LogP contribution >= 0.6 is 0 Å². The van der Waals surface area contributed by atoms with E-state index in [9.17, 15) is 13.2 Å². The molecular weight excluding hydrogens is 241 g/mol. The number of rotatable bonds is 3. The van der Waals surface area contributed by atoms with Crippen LogP contribution in [0.4, 0.5) is 13.2 Å². The van der Waals surface area contributed by atoms with Crippen LogP contribution in [-0.2, 0) is 0 Å². The number of alkyl halides is 3. The minimum Gasteiger partial charge on any atom is -0.314 e. The summed E-state index contributed by atoms with van der Waals surface area (Å²) in [6, 6.07) is 9.75. The highest BCUT2D eigenvalue weighted by molar-refractivity contribution is 5.20. The Bertz CT molecular complexity index is 364. The van der Waals surface area contributed by atoms with E-state index in [0.717, 1.165) is 12.1 Å². The predicted molar refractivity (Wildman–Crippen MR) is 64.3 cm³/mol. The topological polar surface area (TPSA) is 15.3 Å². The zero-order valence-electron chi connectivity index (χ0n) is 10.1. The lowest BCUT2D eigenvalue weighted by Crippen LogP contribution is -2.46. The van der Waals surface area contributed by atoms with Crippen LogP contribution in [0.5, 0.6) is 0 Å². The second-order valence-electron chi connectivity index (χ2n) is 4.53. The molecule has 0 bridgehead atoms. The van der Waals surface area contributed by atoms with E-state index in [-0.39, 0.29) is 12.6 Å². The summed E-state index contributed by atoms with van der Waals surface area (Å²) in [5.74, 6) is 0. The summed E-state index contributed by atoms with van der Waals surface area (Å²) in [4.78, 5) is 1.92. The molecule has 1 heterocycles. The molecule has 1 atom stereocenters. The fourth-order valence-corrected chi connectivity index (χ4v) is 2.29. The largest absolute Gasteiger partial charge is 0.390 e. The van der Waals surface area contributed by atoms with Gasteiger partial charge in [-0.2, -0.15) is 13.2 Å². The Labute approximate surface area is 105 Å². The van der Waals surface area contributed by atoms with E-state index in [1.807, 2.05) is 35.2 Å². The molecule has 0 radical (unpaired) electrons. The van der Waals surface area contributed by atoms with Crippen molar-refractivity contribution in [1.29, 1.82) is 0 Å². The summed E-state index contributed by atoms with van der Waals surface area (Å²) in [6.07, 6.45) is -4.82. The van der Waals surface area contributed by atoms with Crippen molar-refractivity contribution in [3.8, 4) is 0 Å². The maximum absolute atomic E-state index is 12.3. The van der Waals surface area contributed by atoms with Gasteiger partial charge in [-0.05, 0) is 5.56 Å². The highest BCUT2D eigenvalue weighted by Crippen LogP contribution is 2.25. The molecule has 1 unspecified atom stereocenters. The number of nitrogens with one attached hydrogen (secondary N) is 1. The van der Waals surface area contributed by atoms with Gasteiger partial charge < -0.3 is 5.32 Å². The molecule has 0 aliphatic carbocycles. The van der Waals surface area contributed by atoms with Gasteiger partial charge in [0.25, 0.3) is 0 Å². The number of hydrogen-bond donors (Lipinski definition) is 1. The maximum Gasteiger partial charge on any atom is 0.390 e. The summed E-state index contributed by atoms with van der Waals surface area (Å²) < 4.78 is 36.9. The van der Waals surface area contributed by atoms with Gasteiger partial charge in [0.05, 0.1) is 6.42 Å². The standard InChI is InChI=1S/C13H17F3N2/c14-13(15,16)6-8-18-9-7-17-10-12(18)11-4-2-1-3-5-11/h1-5,12,17H,6-10H2. The minimum atomic E-state index is -4.08. The normalized spacial score (nSPS) is 22.1. The van der Waals surface area contributed by atoms with E-state index in [1.165, 1.54) is 0 Å². The third-order valence-corrected chi connectivity index (χ3v) is 3.22. The maximum atomic E-state index is 12.3. The van der Waals surface area contributed by atoms with E-state index in [4.69, 9.17) is 0 Å². The van der Waals surface area contributed by atoms with Gasteiger partial charge in [0.15, 0.2) is 0 Å². The SMILES string of the molecule is FC(F)(F)CCN1CCNCC1c1ccccc1. The van der Waals surface area contributed by atoms with Crippen molar-refractivity contribution < 1.29 is 13.2 Å². The molecule has 18 heavy (non-hydrogen) atoms. The van der Waals surface area contributed by atoms with Gasteiger partial charge in [0, 0.05) is 32.2 Å². The van der Waals surface area contributed by atoms with Crippen molar-refractivity contribution >= 4 is 0 Å². The van der Waals surface area contributed by atoms with Crippen molar-refractivity contribution in [2.45, 2.75) is 18.6 Å². The molecule has 100 valence electrons. The Hall–Kier alpha value is -1.07. The molecule has 0 aromatic heterocycles. The van der Waals surface area contributed by atoms with Crippen molar-refractivity contribution in [1.82, 2.24) is 10.2 Å². The smallest absolute Gasteiger partial charge is 0.314 e. The van der Waals surface area contributed by atoms with E-state index in [1.54, 1.807) is 0 Å². The fraction of sp³-hybridized carbons (Fsp3) is 0.538. The van der Waals surface area contributed by atoms with Crippen molar-refractivity contribution in [3.63, 3.8) is 0 Å². The summed E-state index contributed by atoms with van der Waals surface area (Å²) >= 11 is 0. The zero-order valence-corrected chi connectivity index (χ0v) is 10.1. The lowest BCUT2D eigenvalue weighted by atomic mass is 10.0. The first-order valence-corrected chi connectivity index (χ1v) is 6.13. The molecule has 1 aliphatic heterocycles. The van der Waals surface area contributed by atoms with Gasteiger partial charge in [-0.1, -0.05) is 30.3 Å². The molecule has 2 nitrogen and oxygen atoms in total. The predicted octanol–water partition coefficient (Wildman–Crippen LogP) is 2.59. The monoisotopic (exact) mass is 258 g/mol. The summed E-state index contributed by atoms with van der Waals surface area (Å²) in [7, 11) is 0. The molecule has 5 heteroatoms. The van der Waals surface area contributed by atoms with Gasteiger partial charge in [-0.15, -0.1) is 0 Å². The van der Waals surface area contributed by atoms with Crippen LogP contribution in [0.2, 0.25) is 0 Å². The number of piperazine rings is 1. The van der Waals surface area contributed by atoms with Crippen molar-refractivity contribution in [3.05, 3.63) is 35.9 Å².